The molecular weight excluding hydrogens is 352 g/mol. The van der Waals surface area contributed by atoms with Gasteiger partial charge in [-0.15, -0.1) is 11.3 Å². The average Bonchev–Trinajstić information content (AvgIpc) is 3.26. The maximum atomic E-state index is 12.8. The predicted octanol–water partition coefficient (Wildman–Crippen LogP) is 3.77. The number of hydrogen-bond donors (Lipinski definition) is 0. The SMILES string of the molecule is CSc1nc(C(=O)N2CCC[C@H](c3nc4ccccc4n3C)C2)cs1. The van der Waals surface area contributed by atoms with Crippen LogP contribution in [-0.4, -0.2) is 44.7 Å². The highest BCUT2D eigenvalue weighted by atomic mass is 32.2. The summed E-state index contributed by atoms with van der Waals surface area (Å²) < 4.78 is 3.11. The molecular formula is C18H20N4OS2. The molecule has 0 N–H and O–H groups in total. The largest absolute Gasteiger partial charge is 0.337 e. The van der Waals surface area contributed by atoms with Gasteiger partial charge in [-0.2, -0.15) is 0 Å². The molecule has 130 valence electrons. The smallest absolute Gasteiger partial charge is 0.273 e. The normalized spacial score (nSPS) is 18.0. The van der Waals surface area contributed by atoms with Gasteiger partial charge in [0.1, 0.15) is 15.9 Å². The Morgan fingerprint density at radius 2 is 2.16 bits per heavy atom. The molecule has 2 aromatic heterocycles. The Balaban J connectivity index is 1.57. The molecule has 1 saturated heterocycles. The summed E-state index contributed by atoms with van der Waals surface area (Å²) in [6.07, 6.45) is 4.04. The van der Waals surface area contributed by atoms with Crippen LogP contribution >= 0.6 is 23.1 Å². The number of nitrogens with zero attached hydrogens (tertiary/aromatic N) is 4. The minimum absolute atomic E-state index is 0.0417. The van der Waals surface area contributed by atoms with Gasteiger partial charge in [-0.1, -0.05) is 23.9 Å². The van der Waals surface area contributed by atoms with Crippen LogP contribution in [0.2, 0.25) is 0 Å². The number of para-hydroxylation sites is 2. The van der Waals surface area contributed by atoms with Crippen molar-refractivity contribution >= 4 is 40.0 Å². The van der Waals surface area contributed by atoms with E-state index >= 15 is 0 Å². The molecule has 1 aliphatic rings. The third-order valence-corrected chi connectivity index (χ3v) is 6.64. The van der Waals surface area contributed by atoms with E-state index < -0.39 is 0 Å². The fraction of sp³-hybridized carbons (Fsp3) is 0.389. The summed E-state index contributed by atoms with van der Waals surface area (Å²) in [6, 6.07) is 8.19. The Labute approximate surface area is 155 Å². The summed E-state index contributed by atoms with van der Waals surface area (Å²) in [5, 5.41) is 1.87. The van der Waals surface area contributed by atoms with Gasteiger partial charge in [0.2, 0.25) is 0 Å². The van der Waals surface area contributed by atoms with E-state index in [4.69, 9.17) is 4.98 Å². The Morgan fingerprint density at radius 1 is 1.32 bits per heavy atom. The standard InChI is InChI=1S/C18H20N4OS2/c1-21-15-8-4-3-7-13(15)19-16(21)12-6-5-9-22(10-12)17(23)14-11-25-18(20-14)24-2/h3-4,7-8,11-12H,5-6,9-10H2,1-2H3/t12-/m0/s1. The molecule has 4 rings (SSSR count). The van der Waals surface area contributed by atoms with Gasteiger partial charge >= 0.3 is 0 Å². The summed E-state index contributed by atoms with van der Waals surface area (Å²) in [7, 11) is 2.07. The molecule has 3 aromatic rings. The van der Waals surface area contributed by atoms with Crippen molar-refractivity contribution in [3.8, 4) is 0 Å². The van der Waals surface area contributed by atoms with Crippen molar-refractivity contribution in [2.24, 2.45) is 7.05 Å². The molecule has 25 heavy (non-hydrogen) atoms. The second kappa shape index (κ2) is 6.80. The predicted molar refractivity (Wildman–Crippen MR) is 102 cm³/mol. The third kappa shape index (κ3) is 3.06. The second-order valence-corrected chi connectivity index (χ2v) is 8.22. The molecule has 1 aliphatic heterocycles. The Morgan fingerprint density at radius 3 is 2.92 bits per heavy atom. The van der Waals surface area contributed by atoms with Crippen molar-refractivity contribution in [3.05, 3.63) is 41.2 Å². The van der Waals surface area contributed by atoms with E-state index in [-0.39, 0.29) is 11.8 Å². The minimum atomic E-state index is 0.0417. The van der Waals surface area contributed by atoms with E-state index in [1.54, 1.807) is 11.8 Å². The highest BCUT2D eigenvalue weighted by Crippen LogP contribution is 2.30. The van der Waals surface area contributed by atoms with Crippen LogP contribution in [0.15, 0.2) is 34.0 Å². The van der Waals surface area contributed by atoms with E-state index in [0.29, 0.717) is 12.2 Å². The summed E-state index contributed by atoms with van der Waals surface area (Å²) in [6.45, 7) is 1.51. The lowest BCUT2D eigenvalue weighted by Gasteiger charge is -2.32. The quantitative estimate of drug-likeness (QED) is 0.657. The van der Waals surface area contributed by atoms with Crippen LogP contribution in [0, 0.1) is 0 Å². The van der Waals surface area contributed by atoms with Crippen molar-refractivity contribution in [2.75, 3.05) is 19.3 Å². The van der Waals surface area contributed by atoms with Crippen LogP contribution in [0.1, 0.15) is 35.1 Å². The molecule has 1 atom stereocenters. The topological polar surface area (TPSA) is 51.0 Å². The number of amides is 1. The number of benzene rings is 1. The number of aryl methyl sites for hydroxylation is 1. The fourth-order valence-corrected chi connectivity index (χ4v) is 4.75. The van der Waals surface area contributed by atoms with Gasteiger partial charge in [0.25, 0.3) is 5.91 Å². The molecule has 0 spiro atoms. The number of likely N-dealkylation sites (tertiary alicyclic amines) is 1. The maximum Gasteiger partial charge on any atom is 0.273 e. The zero-order valence-corrected chi connectivity index (χ0v) is 15.9. The Hall–Kier alpha value is -1.86. The lowest BCUT2D eigenvalue weighted by molar-refractivity contribution is 0.0698. The number of hydrogen-bond acceptors (Lipinski definition) is 5. The minimum Gasteiger partial charge on any atom is -0.337 e. The third-order valence-electron chi connectivity index (χ3n) is 4.77. The van der Waals surface area contributed by atoms with Gasteiger partial charge in [0.05, 0.1) is 11.0 Å². The van der Waals surface area contributed by atoms with E-state index in [9.17, 15) is 4.79 Å². The number of rotatable bonds is 3. The van der Waals surface area contributed by atoms with Crippen LogP contribution < -0.4 is 0 Å². The number of thioether (sulfide) groups is 1. The van der Waals surface area contributed by atoms with Crippen LogP contribution in [-0.2, 0) is 7.05 Å². The molecule has 3 heterocycles. The highest BCUT2D eigenvalue weighted by Gasteiger charge is 2.29. The average molecular weight is 373 g/mol. The van der Waals surface area contributed by atoms with Crippen LogP contribution in [0.4, 0.5) is 0 Å². The fourth-order valence-electron chi connectivity index (χ4n) is 3.51. The number of thiazole rings is 1. The molecule has 0 aliphatic carbocycles. The van der Waals surface area contributed by atoms with Gasteiger partial charge in [-0.3, -0.25) is 4.79 Å². The number of imidazole rings is 1. The van der Waals surface area contributed by atoms with Crippen molar-refractivity contribution in [2.45, 2.75) is 23.1 Å². The molecule has 1 fully saturated rings. The first-order valence-corrected chi connectivity index (χ1v) is 10.5. The van der Waals surface area contributed by atoms with Crippen LogP contribution in [0.5, 0.6) is 0 Å². The van der Waals surface area contributed by atoms with E-state index in [1.165, 1.54) is 11.3 Å². The number of aromatic nitrogens is 3. The van der Waals surface area contributed by atoms with E-state index in [2.05, 4.69) is 22.7 Å². The summed E-state index contributed by atoms with van der Waals surface area (Å²) >= 11 is 3.11. The van der Waals surface area contributed by atoms with Gasteiger partial charge in [-0.05, 0) is 31.2 Å². The molecule has 1 amide bonds. The summed E-state index contributed by atoms with van der Waals surface area (Å²) in [4.78, 5) is 24.0. The molecule has 1 aromatic carbocycles. The molecule has 7 heteroatoms. The van der Waals surface area contributed by atoms with Crippen molar-refractivity contribution in [1.82, 2.24) is 19.4 Å². The Bertz CT molecular complexity index is 917. The van der Waals surface area contributed by atoms with Gasteiger partial charge in [-0.25, -0.2) is 9.97 Å². The molecule has 0 bridgehead atoms. The van der Waals surface area contributed by atoms with Crippen molar-refractivity contribution in [3.63, 3.8) is 0 Å². The first kappa shape index (κ1) is 16.6. The van der Waals surface area contributed by atoms with Crippen LogP contribution in [0.25, 0.3) is 11.0 Å². The monoisotopic (exact) mass is 372 g/mol. The van der Waals surface area contributed by atoms with Gasteiger partial charge in [0, 0.05) is 31.4 Å². The lowest BCUT2D eigenvalue weighted by Crippen LogP contribution is -2.39. The number of carbonyl (C=O) groups is 1. The second-order valence-electron chi connectivity index (χ2n) is 6.31. The molecule has 5 nitrogen and oxygen atoms in total. The first-order valence-electron chi connectivity index (χ1n) is 8.37. The maximum absolute atomic E-state index is 12.8. The van der Waals surface area contributed by atoms with Crippen molar-refractivity contribution in [1.29, 1.82) is 0 Å². The number of fused-ring (bicyclic) bond motifs is 1. The lowest BCUT2D eigenvalue weighted by atomic mass is 9.97. The van der Waals surface area contributed by atoms with Gasteiger partial charge in [0.15, 0.2) is 0 Å². The first-order chi connectivity index (χ1) is 12.2. The van der Waals surface area contributed by atoms with Gasteiger partial charge < -0.3 is 9.47 Å². The molecule has 0 unspecified atom stereocenters. The highest BCUT2D eigenvalue weighted by molar-refractivity contribution is 8.00. The number of piperidine rings is 1. The van der Waals surface area contributed by atoms with Crippen molar-refractivity contribution < 1.29 is 4.79 Å². The summed E-state index contributed by atoms with van der Waals surface area (Å²) in [5.74, 6) is 1.38. The number of carbonyl (C=O) groups excluding carboxylic acids is 1. The summed E-state index contributed by atoms with van der Waals surface area (Å²) in [5.41, 5.74) is 2.73. The zero-order valence-electron chi connectivity index (χ0n) is 14.3. The van der Waals surface area contributed by atoms with Crippen LogP contribution in [0.3, 0.4) is 0 Å². The molecule has 0 radical (unpaired) electrons. The van der Waals surface area contributed by atoms with E-state index in [1.807, 2.05) is 34.7 Å². The van der Waals surface area contributed by atoms with E-state index in [0.717, 1.165) is 40.6 Å². The molecule has 0 saturated carbocycles. The zero-order chi connectivity index (χ0) is 17.4. The Kier molecular flexibility index (Phi) is 4.52.